The van der Waals surface area contributed by atoms with E-state index in [0.717, 1.165) is 0 Å². The van der Waals surface area contributed by atoms with E-state index >= 15 is 0 Å². The number of hydrogen-bond acceptors (Lipinski definition) is 13. The van der Waals surface area contributed by atoms with Gasteiger partial charge < -0.3 is 50.0 Å². The van der Waals surface area contributed by atoms with Crippen molar-refractivity contribution >= 4 is 76.4 Å². The van der Waals surface area contributed by atoms with Gasteiger partial charge in [-0.25, -0.2) is 0 Å². The number of hydrogen-bond donors (Lipinski definition) is 0. The number of ether oxygens (including phenoxy) is 1. The molecule has 6 rings (SSSR count). The van der Waals surface area contributed by atoms with E-state index in [1.807, 2.05) is 55.4 Å². The standard InChI is InChI=1S/C19H44O13Si8/c1-9-19(7,8)18(20)21-16-15-17-39-26-34-25-38(13-5)27-35(10-2,29-39)22-33-23-36(11-3,28-38)31-40(34,14-6)32-37(12-4,24-33)30-39/h33-34H,9-17H2,1-8H3. The molecule has 0 saturated carbocycles. The maximum absolute atomic E-state index is 12.6. The highest BCUT2D eigenvalue weighted by molar-refractivity contribution is 7.29. The molecule has 6 fully saturated rings. The number of carbonyl (C=O) groups is 1. The van der Waals surface area contributed by atoms with Crippen LogP contribution < -0.4 is 0 Å². The van der Waals surface area contributed by atoms with Gasteiger partial charge in [-0.15, -0.1) is 0 Å². The van der Waals surface area contributed by atoms with E-state index in [9.17, 15) is 4.79 Å². The van der Waals surface area contributed by atoms with E-state index in [2.05, 4.69) is 0 Å². The highest BCUT2D eigenvalue weighted by atomic mass is 29.3. The Hall–Kier alpha value is 0.765. The summed E-state index contributed by atoms with van der Waals surface area (Å²) in [5.74, 6) is -0.231. The first kappa shape index (κ1) is 32.2. The molecule has 8 unspecified atom stereocenters. The summed E-state index contributed by atoms with van der Waals surface area (Å²) in [6.45, 7) is 15.9. The van der Waals surface area contributed by atoms with Gasteiger partial charge in [0.05, 0.1) is 12.0 Å². The fraction of sp³-hybridized carbons (Fsp3) is 0.947. The molecule has 6 saturated heterocycles. The Balaban J connectivity index is 1.58. The molecule has 6 aliphatic heterocycles. The summed E-state index contributed by atoms with van der Waals surface area (Å²) in [6.07, 6.45) is 1.16. The predicted molar refractivity (Wildman–Crippen MR) is 158 cm³/mol. The van der Waals surface area contributed by atoms with Crippen molar-refractivity contribution in [2.75, 3.05) is 6.61 Å². The van der Waals surface area contributed by atoms with Gasteiger partial charge in [0.2, 0.25) is 0 Å². The van der Waals surface area contributed by atoms with Crippen LogP contribution >= 0.6 is 0 Å². The first-order chi connectivity index (χ1) is 18.8. The SMILES string of the molecule is CCC(C)(C)C(=O)OCCC[Si]12O[SiH]3O[Si]4(CC)O[Si](CC)(O[SiH]5O[Si](CC)(O4)O[Si]3(CC)O[Si](CC)(O5)O1)O2. The predicted octanol–water partition coefficient (Wildman–Crippen LogP) is 2.86. The van der Waals surface area contributed by atoms with Crippen LogP contribution in [0.4, 0.5) is 0 Å². The normalized spacial score (nSPS) is 46.0. The smallest absolute Gasteiger partial charge is 0.465 e. The van der Waals surface area contributed by atoms with Crippen LogP contribution in [0.2, 0.25) is 36.3 Å². The molecule has 8 bridgehead atoms. The fourth-order valence-corrected chi connectivity index (χ4v) is 60.4. The molecule has 0 spiro atoms. The lowest BCUT2D eigenvalue weighted by atomic mass is 9.91. The minimum Gasteiger partial charge on any atom is -0.465 e. The topological polar surface area (TPSA) is 128 Å². The molecule has 40 heavy (non-hydrogen) atoms. The molecule has 6 heterocycles. The Kier molecular flexibility index (Phi) is 9.08. The van der Waals surface area contributed by atoms with Crippen LogP contribution in [0.5, 0.6) is 0 Å². The first-order valence-corrected chi connectivity index (χ1v) is 30.5. The number of rotatable bonds is 11. The molecule has 0 aromatic heterocycles. The molecular formula is C19H44O13Si8. The molecule has 230 valence electrons. The van der Waals surface area contributed by atoms with Crippen molar-refractivity contribution in [3.8, 4) is 0 Å². The Morgan fingerprint density at radius 3 is 1.57 bits per heavy atom. The van der Waals surface area contributed by atoms with Gasteiger partial charge in [-0.1, -0.05) is 41.5 Å². The average molecular weight is 705 g/mol. The van der Waals surface area contributed by atoms with Gasteiger partial charge in [0.1, 0.15) is 0 Å². The van der Waals surface area contributed by atoms with Crippen LogP contribution in [0.25, 0.3) is 0 Å². The Bertz CT molecular complexity index is 978. The maximum atomic E-state index is 12.6. The molecule has 0 amide bonds. The van der Waals surface area contributed by atoms with Crippen molar-refractivity contribution in [3.05, 3.63) is 0 Å². The summed E-state index contributed by atoms with van der Waals surface area (Å²) in [5.41, 5.74) is -0.552. The van der Waals surface area contributed by atoms with E-state index in [-0.39, 0.29) is 12.6 Å². The highest BCUT2D eigenvalue weighted by Crippen LogP contribution is 2.50. The summed E-state index contributed by atoms with van der Waals surface area (Å²) >= 11 is 0. The zero-order chi connectivity index (χ0) is 29.1. The van der Waals surface area contributed by atoms with Crippen LogP contribution in [0, 0.1) is 5.41 Å². The van der Waals surface area contributed by atoms with E-state index < -0.39 is 75.8 Å². The summed E-state index contributed by atoms with van der Waals surface area (Å²) < 4.78 is 81.7. The van der Waals surface area contributed by atoms with Gasteiger partial charge >= 0.3 is 76.4 Å². The van der Waals surface area contributed by atoms with Crippen molar-refractivity contribution in [2.24, 2.45) is 5.41 Å². The average Bonchev–Trinajstić information content (AvgIpc) is 3.11. The van der Waals surface area contributed by atoms with E-state index in [4.69, 9.17) is 50.0 Å². The van der Waals surface area contributed by atoms with Gasteiger partial charge in [0.25, 0.3) is 0 Å². The zero-order valence-electron chi connectivity index (χ0n) is 24.8. The summed E-state index contributed by atoms with van der Waals surface area (Å²) in [5, 5.41) is 0. The quantitative estimate of drug-likeness (QED) is 0.178. The minimum atomic E-state index is -3.62. The van der Waals surface area contributed by atoms with Crippen LogP contribution in [0.1, 0.15) is 68.2 Å². The number of esters is 1. The van der Waals surface area contributed by atoms with Crippen molar-refractivity contribution in [3.63, 3.8) is 0 Å². The van der Waals surface area contributed by atoms with E-state index in [1.54, 1.807) is 0 Å². The molecule has 21 heteroatoms. The molecule has 0 aliphatic carbocycles. The third-order valence-corrected chi connectivity index (χ3v) is 48.3. The van der Waals surface area contributed by atoms with E-state index in [0.29, 0.717) is 49.1 Å². The van der Waals surface area contributed by atoms with Gasteiger partial charge in [0.15, 0.2) is 0 Å². The lowest BCUT2D eigenvalue weighted by molar-refractivity contribution is -0.154. The van der Waals surface area contributed by atoms with Gasteiger partial charge in [-0.2, -0.15) is 0 Å². The minimum absolute atomic E-state index is 0.209. The van der Waals surface area contributed by atoms with Crippen LogP contribution in [-0.4, -0.2) is 83.0 Å². The molecule has 0 aromatic carbocycles. The second-order valence-electron chi connectivity index (χ2n) is 11.3. The van der Waals surface area contributed by atoms with Crippen LogP contribution in [0.3, 0.4) is 0 Å². The highest BCUT2D eigenvalue weighted by Gasteiger charge is 2.80. The molecule has 0 N–H and O–H groups in total. The molecule has 0 radical (unpaired) electrons. The Labute approximate surface area is 247 Å². The molecule has 13 nitrogen and oxygen atoms in total. The molecule has 8 atom stereocenters. The monoisotopic (exact) mass is 704 g/mol. The molecular weight excluding hydrogens is 661 g/mol. The van der Waals surface area contributed by atoms with Crippen molar-refractivity contribution in [2.45, 2.75) is 104 Å². The van der Waals surface area contributed by atoms with Crippen molar-refractivity contribution in [1.29, 1.82) is 0 Å². The van der Waals surface area contributed by atoms with Crippen LogP contribution in [-0.2, 0) is 54.8 Å². The third kappa shape index (κ3) is 5.55. The Morgan fingerprint density at radius 2 is 1.10 bits per heavy atom. The lowest BCUT2D eigenvalue weighted by Gasteiger charge is -2.52. The second kappa shape index (κ2) is 11.3. The van der Waals surface area contributed by atoms with Crippen LogP contribution in [0.15, 0.2) is 0 Å². The summed E-state index contributed by atoms with van der Waals surface area (Å²) in [7, 11) is -26.4. The van der Waals surface area contributed by atoms with Crippen molar-refractivity contribution in [1.82, 2.24) is 0 Å². The van der Waals surface area contributed by atoms with Crippen molar-refractivity contribution < 1.29 is 54.8 Å². The second-order valence-corrected chi connectivity index (χ2v) is 38.7. The fourth-order valence-electron chi connectivity index (χ4n) is 5.15. The van der Waals surface area contributed by atoms with E-state index in [1.165, 1.54) is 0 Å². The summed E-state index contributed by atoms with van der Waals surface area (Å²) in [6, 6.07) is 2.87. The van der Waals surface area contributed by atoms with Gasteiger partial charge in [-0.05, 0) is 32.7 Å². The maximum Gasteiger partial charge on any atom is 0.478 e. The largest absolute Gasteiger partial charge is 0.478 e. The first-order valence-electron chi connectivity index (χ1n) is 14.6. The van der Waals surface area contributed by atoms with Gasteiger partial charge in [-0.3, -0.25) is 4.79 Å². The molecule has 6 aliphatic rings. The number of carbonyl (C=O) groups excluding carboxylic acids is 1. The Morgan fingerprint density at radius 1 is 0.650 bits per heavy atom. The lowest BCUT2D eigenvalue weighted by Crippen LogP contribution is -2.76. The molecule has 0 aromatic rings. The zero-order valence-corrected chi connectivity index (χ0v) is 33.1. The third-order valence-electron chi connectivity index (χ3n) is 8.18. The van der Waals surface area contributed by atoms with Gasteiger partial charge in [0, 0.05) is 30.2 Å². The summed E-state index contributed by atoms with van der Waals surface area (Å²) in [4.78, 5) is 12.6.